The van der Waals surface area contributed by atoms with Crippen LogP contribution in [0.1, 0.15) is 31.7 Å². The van der Waals surface area contributed by atoms with E-state index in [9.17, 15) is 13.2 Å². The highest BCUT2D eigenvalue weighted by Crippen LogP contribution is 2.23. The van der Waals surface area contributed by atoms with Gasteiger partial charge in [0.25, 0.3) is 0 Å². The summed E-state index contributed by atoms with van der Waals surface area (Å²) in [4.78, 5) is 14.9. The number of carbonyl (C=O) groups excluding carboxylic acids is 1. The number of benzene rings is 2. The van der Waals surface area contributed by atoms with Gasteiger partial charge in [0.1, 0.15) is 0 Å². The summed E-state index contributed by atoms with van der Waals surface area (Å²) >= 11 is 6.04. The van der Waals surface area contributed by atoms with E-state index in [1.807, 2.05) is 43.1 Å². The van der Waals surface area contributed by atoms with Crippen molar-refractivity contribution in [3.05, 3.63) is 59.1 Å². The van der Waals surface area contributed by atoms with Crippen molar-refractivity contribution in [2.75, 3.05) is 25.5 Å². The molecule has 1 atom stereocenters. The van der Waals surface area contributed by atoms with Crippen LogP contribution in [0.2, 0.25) is 5.02 Å². The maximum atomic E-state index is 12.9. The van der Waals surface area contributed by atoms with Crippen molar-refractivity contribution in [2.45, 2.75) is 43.7 Å². The number of halogens is 1. The molecule has 1 aliphatic heterocycles. The Morgan fingerprint density at radius 2 is 1.83 bits per heavy atom. The van der Waals surface area contributed by atoms with Gasteiger partial charge in [0.05, 0.1) is 10.9 Å². The minimum atomic E-state index is -3.54. The summed E-state index contributed by atoms with van der Waals surface area (Å²) in [5.41, 5.74) is 1.49. The number of amides is 1. The molecule has 2 aromatic carbocycles. The molecule has 30 heavy (non-hydrogen) atoms. The number of anilines is 1. The lowest BCUT2D eigenvalue weighted by Gasteiger charge is -2.26. The second kappa shape index (κ2) is 9.92. The quantitative estimate of drug-likeness (QED) is 0.694. The summed E-state index contributed by atoms with van der Waals surface area (Å²) in [7, 11) is -1.68. The Balaban J connectivity index is 1.66. The minimum Gasteiger partial charge on any atom is -0.325 e. The monoisotopic (exact) mass is 449 g/mol. The van der Waals surface area contributed by atoms with Crippen LogP contribution in [0.5, 0.6) is 0 Å². The Kier molecular flexibility index (Phi) is 7.52. The Morgan fingerprint density at radius 1 is 1.13 bits per heavy atom. The third-order valence-electron chi connectivity index (χ3n) is 5.42. The van der Waals surface area contributed by atoms with Crippen LogP contribution in [0.25, 0.3) is 0 Å². The molecule has 1 fully saturated rings. The zero-order valence-electron chi connectivity index (χ0n) is 17.3. The molecule has 1 aliphatic rings. The van der Waals surface area contributed by atoms with E-state index in [0.717, 1.165) is 24.8 Å². The molecule has 0 aromatic heterocycles. The first-order chi connectivity index (χ1) is 14.3. The van der Waals surface area contributed by atoms with Crippen LogP contribution in [-0.2, 0) is 21.4 Å². The molecule has 1 N–H and O–H groups in total. The van der Waals surface area contributed by atoms with Gasteiger partial charge in [0.2, 0.25) is 15.9 Å². The van der Waals surface area contributed by atoms with Crippen LogP contribution in [-0.4, -0.2) is 49.7 Å². The molecule has 0 unspecified atom stereocenters. The molecule has 0 bridgehead atoms. The van der Waals surface area contributed by atoms with Gasteiger partial charge >= 0.3 is 0 Å². The van der Waals surface area contributed by atoms with Crippen molar-refractivity contribution >= 4 is 33.2 Å². The summed E-state index contributed by atoms with van der Waals surface area (Å²) in [6, 6.07) is 13.6. The third-order valence-corrected chi connectivity index (χ3v) is 7.55. The van der Waals surface area contributed by atoms with E-state index < -0.39 is 16.1 Å². The maximum absolute atomic E-state index is 12.9. The maximum Gasteiger partial charge on any atom is 0.243 e. The van der Waals surface area contributed by atoms with E-state index in [4.69, 9.17) is 11.6 Å². The summed E-state index contributed by atoms with van der Waals surface area (Å²) in [5, 5.41) is 3.50. The van der Waals surface area contributed by atoms with Gasteiger partial charge < -0.3 is 5.32 Å². The van der Waals surface area contributed by atoms with Gasteiger partial charge in [-0.15, -0.1) is 0 Å². The fraction of sp³-hybridized carbons (Fsp3) is 0.409. The topological polar surface area (TPSA) is 69.7 Å². The SMILES string of the molecule is C[C@H](C(=O)Nc1cccc(S(=O)(=O)N2CCCCC2)c1)N(C)Cc1cccc(Cl)c1. The summed E-state index contributed by atoms with van der Waals surface area (Å²) in [5.74, 6) is -0.202. The largest absolute Gasteiger partial charge is 0.325 e. The lowest BCUT2D eigenvalue weighted by molar-refractivity contribution is -0.120. The van der Waals surface area contributed by atoms with Gasteiger partial charge in [0.15, 0.2) is 0 Å². The summed E-state index contributed by atoms with van der Waals surface area (Å²) in [6.07, 6.45) is 2.82. The average molecular weight is 450 g/mol. The first-order valence-electron chi connectivity index (χ1n) is 10.1. The second-order valence-corrected chi connectivity index (χ2v) is 10.1. The number of carbonyl (C=O) groups is 1. The highest BCUT2D eigenvalue weighted by Gasteiger charge is 2.26. The van der Waals surface area contributed by atoms with E-state index in [1.54, 1.807) is 18.2 Å². The molecule has 1 amide bonds. The number of nitrogens with one attached hydrogen (secondary N) is 1. The highest BCUT2D eigenvalue weighted by atomic mass is 35.5. The van der Waals surface area contributed by atoms with Crippen LogP contribution in [0.3, 0.4) is 0 Å². The van der Waals surface area contributed by atoms with E-state index in [2.05, 4.69) is 5.32 Å². The number of hydrogen-bond acceptors (Lipinski definition) is 4. The second-order valence-electron chi connectivity index (χ2n) is 7.70. The van der Waals surface area contributed by atoms with Crippen LogP contribution in [0.4, 0.5) is 5.69 Å². The molecule has 1 heterocycles. The number of piperidine rings is 1. The molecule has 1 saturated heterocycles. The van der Waals surface area contributed by atoms with Gasteiger partial charge in [-0.2, -0.15) is 4.31 Å². The molecule has 162 valence electrons. The van der Waals surface area contributed by atoms with Crippen molar-refractivity contribution in [1.29, 1.82) is 0 Å². The molecule has 6 nitrogen and oxygen atoms in total. The van der Waals surface area contributed by atoms with Crippen molar-refractivity contribution < 1.29 is 13.2 Å². The first kappa shape index (κ1) is 22.7. The van der Waals surface area contributed by atoms with E-state index >= 15 is 0 Å². The Hall–Kier alpha value is -1.93. The van der Waals surface area contributed by atoms with Gasteiger partial charge in [-0.25, -0.2) is 8.42 Å². The van der Waals surface area contributed by atoms with Gasteiger partial charge in [0, 0.05) is 30.3 Å². The number of rotatable bonds is 7. The fourth-order valence-corrected chi connectivity index (χ4v) is 5.27. The van der Waals surface area contributed by atoms with Gasteiger partial charge in [-0.1, -0.05) is 36.2 Å². The smallest absolute Gasteiger partial charge is 0.243 e. The van der Waals surface area contributed by atoms with Crippen molar-refractivity contribution in [1.82, 2.24) is 9.21 Å². The van der Waals surface area contributed by atoms with E-state index in [-0.39, 0.29) is 10.8 Å². The van der Waals surface area contributed by atoms with Gasteiger partial charge in [-0.05, 0) is 62.7 Å². The summed E-state index contributed by atoms with van der Waals surface area (Å²) < 4.78 is 27.3. The molecule has 0 radical (unpaired) electrons. The zero-order valence-corrected chi connectivity index (χ0v) is 18.9. The fourth-order valence-electron chi connectivity index (χ4n) is 3.50. The Bertz CT molecular complexity index is 991. The van der Waals surface area contributed by atoms with Crippen molar-refractivity contribution in [3.63, 3.8) is 0 Å². The molecular formula is C22H28ClN3O3S. The van der Waals surface area contributed by atoms with Crippen molar-refractivity contribution in [2.24, 2.45) is 0 Å². The number of nitrogens with zero attached hydrogens (tertiary/aromatic N) is 2. The van der Waals surface area contributed by atoms with Crippen LogP contribution < -0.4 is 5.32 Å². The Labute approximate surface area is 183 Å². The van der Waals surface area contributed by atoms with Gasteiger partial charge in [-0.3, -0.25) is 9.69 Å². The van der Waals surface area contributed by atoms with Crippen LogP contribution in [0, 0.1) is 0 Å². The van der Waals surface area contributed by atoms with Crippen LogP contribution in [0.15, 0.2) is 53.4 Å². The molecule has 0 saturated carbocycles. The normalized spacial score (nSPS) is 16.4. The third kappa shape index (κ3) is 5.60. The molecule has 3 rings (SSSR count). The number of hydrogen-bond donors (Lipinski definition) is 1. The lowest BCUT2D eigenvalue weighted by atomic mass is 10.2. The Morgan fingerprint density at radius 3 is 2.53 bits per heavy atom. The summed E-state index contributed by atoms with van der Waals surface area (Å²) in [6.45, 7) is 3.47. The van der Waals surface area contributed by atoms with Crippen LogP contribution >= 0.6 is 11.6 Å². The predicted molar refractivity (Wildman–Crippen MR) is 120 cm³/mol. The highest BCUT2D eigenvalue weighted by molar-refractivity contribution is 7.89. The number of sulfonamides is 1. The van der Waals surface area contributed by atoms with Crippen molar-refractivity contribution in [3.8, 4) is 0 Å². The predicted octanol–water partition coefficient (Wildman–Crippen LogP) is 3.97. The molecular weight excluding hydrogens is 422 g/mol. The molecule has 2 aromatic rings. The molecule has 0 aliphatic carbocycles. The van der Waals surface area contributed by atoms with E-state index in [0.29, 0.717) is 30.3 Å². The first-order valence-corrected chi connectivity index (χ1v) is 11.9. The standard InChI is InChI=1S/C22H28ClN3O3S/c1-17(25(2)16-18-8-6-9-19(23)14-18)22(27)24-20-10-7-11-21(15-20)30(28,29)26-12-4-3-5-13-26/h6-11,14-15,17H,3-5,12-13,16H2,1-2H3,(H,24,27)/t17-/m1/s1. The minimum absolute atomic E-state index is 0.202. The molecule has 8 heteroatoms. The van der Waals surface area contributed by atoms with E-state index in [1.165, 1.54) is 10.4 Å². The zero-order chi connectivity index (χ0) is 21.7. The lowest BCUT2D eigenvalue weighted by Crippen LogP contribution is -2.39. The number of likely N-dealkylation sites (N-methyl/N-ethyl adjacent to an activating group) is 1. The molecule has 0 spiro atoms. The average Bonchev–Trinajstić information content (AvgIpc) is 2.74.